The maximum atomic E-state index is 12.5. The van der Waals surface area contributed by atoms with Gasteiger partial charge in [-0.1, -0.05) is 18.2 Å². The van der Waals surface area contributed by atoms with Gasteiger partial charge in [-0.2, -0.15) is 0 Å². The molecule has 0 saturated heterocycles. The summed E-state index contributed by atoms with van der Waals surface area (Å²) in [5, 5.41) is 10.3. The van der Waals surface area contributed by atoms with Gasteiger partial charge in [0, 0.05) is 11.3 Å². The number of sulfonamides is 1. The minimum absolute atomic E-state index is 0.0658. The molecule has 2 atom stereocenters. The lowest BCUT2D eigenvalue weighted by Gasteiger charge is -2.40. The maximum absolute atomic E-state index is 12.5. The van der Waals surface area contributed by atoms with E-state index in [0.29, 0.717) is 17.0 Å². The largest absolute Gasteiger partial charge is 0.485 e. The van der Waals surface area contributed by atoms with Crippen LogP contribution in [0.25, 0.3) is 0 Å². The van der Waals surface area contributed by atoms with Gasteiger partial charge in [0.1, 0.15) is 17.5 Å². The fourth-order valence-electron chi connectivity index (χ4n) is 2.71. The van der Waals surface area contributed by atoms with E-state index in [1.807, 2.05) is 0 Å². The Morgan fingerprint density at radius 1 is 1.17 bits per heavy atom. The summed E-state index contributed by atoms with van der Waals surface area (Å²) in [5.74, 6) is 0.483. The first kappa shape index (κ1) is 16.8. The summed E-state index contributed by atoms with van der Waals surface area (Å²) < 4.78 is 33.3. The molecular formula is C17H20N2O4S. The van der Waals surface area contributed by atoms with Crippen molar-refractivity contribution >= 4 is 15.7 Å². The highest BCUT2D eigenvalue weighted by Gasteiger charge is 2.41. The van der Waals surface area contributed by atoms with Crippen LogP contribution in [0, 0.1) is 0 Å². The van der Waals surface area contributed by atoms with Crippen molar-refractivity contribution in [1.29, 1.82) is 0 Å². The van der Waals surface area contributed by atoms with Gasteiger partial charge >= 0.3 is 0 Å². The Morgan fingerprint density at radius 2 is 1.83 bits per heavy atom. The summed E-state index contributed by atoms with van der Waals surface area (Å²) in [7, 11) is -3.76. The Morgan fingerprint density at radius 3 is 2.50 bits per heavy atom. The Balaban J connectivity index is 1.97. The Kier molecular flexibility index (Phi) is 4.03. The third-order valence-electron chi connectivity index (χ3n) is 4.10. The van der Waals surface area contributed by atoms with E-state index < -0.39 is 27.8 Å². The van der Waals surface area contributed by atoms with Crippen LogP contribution in [-0.4, -0.2) is 25.2 Å². The van der Waals surface area contributed by atoms with E-state index in [2.05, 4.69) is 4.72 Å². The summed E-state index contributed by atoms with van der Waals surface area (Å²) in [5.41, 5.74) is 6.19. The molecule has 0 fully saturated rings. The van der Waals surface area contributed by atoms with Crippen molar-refractivity contribution in [3.05, 3.63) is 54.1 Å². The SMILES string of the molecule is CC1(C)Oc2ccc(S(=O)(=O)Nc3ccccc3)cc2[C@@H](N)[C@@H]1O. The zero-order valence-corrected chi connectivity index (χ0v) is 14.2. The highest BCUT2D eigenvalue weighted by Crippen LogP contribution is 2.39. The molecule has 2 aromatic carbocycles. The van der Waals surface area contributed by atoms with Gasteiger partial charge in [-0.15, -0.1) is 0 Å². The molecule has 7 heteroatoms. The Bertz CT molecular complexity index is 850. The van der Waals surface area contributed by atoms with Crippen molar-refractivity contribution in [2.24, 2.45) is 5.73 Å². The van der Waals surface area contributed by atoms with Crippen LogP contribution in [0.1, 0.15) is 25.5 Å². The molecule has 1 aliphatic rings. The minimum Gasteiger partial charge on any atom is -0.485 e. The molecule has 2 aromatic rings. The molecule has 0 spiro atoms. The second-order valence-corrected chi connectivity index (χ2v) is 8.03. The topological polar surface area (TPSA) is 102 Å². The van der Waals surface area contributed by atoms with Crippen molar-refractivity contribution in [2.75, 3.05) is 4.72 Å². The molecule has 6 nitrogen and oxygen atoms in total. The summed E-state index contributed by atoms with van der Waals surface area (Å²) in [6, 6.07) is 12.4. The first-order chi connectivity index (χ1) is 11.2. The fraction of sp³-hybridized carbons (Fsp3) is 0.294. The van der Waals surface area contributed by atoms with Gasteiger partial charge in [-0.25, -0.2) is 8.42 Å². The van der Waals surface area contributed by atoms with Gasteiger partial charge in [0.25, 0.3) is 10.0 Å². The molecule has 0 unspecified atom stereocenters. The summed E-state index contributed by atoms with van der Waals surface area (Å²) in [4.78, 5) is 0.0658. The van der Waals surface area contributed by atoms with E-state index in [-0.39, 0.29) is 4.90 Å². The second kappa shape index (κ2) is 5.77. The average Bonchev–Trinajstić information content (AvgIpc) is 2.53. The average molecular weight is 348 g/mol. The van der Waals surface area contributed by atoms with Crippen molar-refractivity contribution in [3.63, 3.8) is 0 Å². The van der Waals surface area contributed by atoms with Crippen LogP contribution in [-0.2, 0) is 10.0 Å². The highest BCUT2D eigenvalue weighted by molar-refractivity contribution is 7.92. The maximum Gasteiger partial charge on any atom is 0.261 e. The van der Waals surface area contributed by atoms with Gasteiger partial charge < -0.3 is 15.6 Å². The number of ether oxygens (including phenoxy) is 1. The zero-order chi connectivity index (χ0) is 17.5. The second-order valence-electron chi connectivity index (χ2n) is 6.35. The van der Waals surface area contributed by atoms with E-state index in [9.17, 15) is 13.5 Å². The number of nitrogens with one attached hydrogen (secondary N) is 1. The lowest BCUT2D eigenvalue weighted by molar-refractivity contribution is -0.0572. The van der Waals surface area contributed by atoms with Crippen LogP contribution in [0.2, 0.25) is 0 Å². The molecule has 0 bridgehead atoms. The van der Waals surface area contributed by atoms with Crippen molar-refractivity contribution in [2.45, 2.75) is 36.5 Å². The van der Waals surface area contributed by atoms with Gasteiger partial charge in [-0.05, 0) is 44.2 Å². The lowest BCUT2D eigenvalue weighted by atomic mass is 9.87. The molecule has 1 heterocycles. The Hall–Kier alpha value is -2.09. The smallest absolute Gasteiger partial charge is 0.261 e. The van der Waals surface area contributed by atoms with Crippen LogP contribution in [0.5, 0.6) is 5.75 Å². The number of aliphatic hydroxyl groups excluding tert-OH is 1. The van der Waals surface area contributed by atoms with Crippen molar-refractivity contribution in [3.8, 4) is 5.75 Å². The number of rotatable bonds is 3. The predicted octanol–water partition coefficient (Wildman–Crippen LogP) is 2.02. The standard InChI is InChI=1S/C17H20N2O4S/c1-17(2)16(20)15(18)13-10-12(8-9-14(13)23-17)24(21,22)19-11-6-4-3-5-7-11/h3-10,15-16,19-20H,18H2,1-2H3/t15-,16+/m1/s1. The number of hydrogen-bond donors (Lipinski definition) is 3. The van der Waals surface area contributed by atoms with Crippen LogP contribution < -0.4 is 15.2 Å². The number of anilines is 1. The number of hydrogen-bond acceptors (Lipinski definition) is 5. The third kappa shape index (κ3) is 2.98. The summed E-state index contributed by atoms with van der Waals surface area (Å²) in [6.45, 7) is 3.48. The molecule has 24 heavy (non-hydrogen) atoms. The van der Waals surface area contributed by atoms with E-state index in [0.717, 1.165) is 0 Å². The van der Waals surface area contributed by atoms with Gasteiger partial charge in [0.2, 0.25) is 0 Å². The number of para-hydroxylation sites is 1. The van der Waals surface area contributed by atoms with Gasteiger partial charge in [0.05, 0.1) is 10.9 Å². The van der Waals surface area contributed by atoms with Crippen LogP contribution in [0.15, 0.2) is 53.4 Å². The van der Waals surface area contributed by atoms with E-state index >= 15 is 0 Å². The minimum atomic E-state index is -3.76. The molecule has 1 aliphatic heterocycles. The van der Waals surface area contributed by atoms with Gasteiger partial charge in [0.15, 0.2) is 0 Å². The molecule has 4 N–H and O–H groups in total. The Labute approximate surface area is 141 Å². The quantitative estimate of drug-likeness (QED) is 0.788. The predicted molar refractivity (Wildman–Crippen MR) is 91.3 cm³/mol. The van der Waals surface area contributed by atoms with E-state index in [1.165, 1.54) is 12.1 Å². The molecule has 0 aliphatic carbocycles. The fourth-order valence-corrected chi connectivity index (χ4v) is 3.81. The van der Waals surface area contributed by atoms with Crippen LogP contribution >= 0.6 is 0 Å². The number of aliphatic hydroxyl groups is 1. The highest BCUT2D eigenvalue weighted by atomic mass is 32.2. The lowest BCUT2D eigenvalue weighted by Crippen LogP contribution is -2.51. The van der Waals surface area contributed by atoms with Crippen LogP contribution in [0.3, 0.4) is 0 Å². The van der Waals surface area contributed by atoms with Crippen molar-refractivity contribution in [1.82, 2.24) is 0 Å². The zero-order valence-electron chi connectivity index (χ0n) is 13.4. The van der Waals surface area contributed by atoms with E-state index in [4.69, 9.17) is 10.5 Å². The van der Waals surface area contributed by atoms with Gasteiger partial charge in [-0.3, -0.25) is 4.72 Å². The summed E-state index contributed by atoms with van der Waals surface area (Å²) in [6.07, 6.45) is -0.940. The first-order valence-electron chi connectivity index (χ1n) is 7.55. The number of fused-ring (bicyclic) bond motifs is 1. The molecule has 0 amide bonds. The molecular weight excluding hydrogens is 328 g/mol. The summed E-state index contributed by atoms with van der Waals surface area (Å²) >= 11 is 0. The number of benzene rings is 2. The molecule has 0 aromatic heterocycles. The molecule has 0 radical (unpaired) electrons. The monoisotopic (exact) mass is 348 g/mol. The first-order valence-corrected chi connectivity index (χ1v) is 9.03. The van der Waals surface area contributed by atoms with Crippen LogP contribution in [0.4, 0.5) is 5.69 Å². The van der Waals surface area contributed by atoms with E-state index in [1.54, 1.807) is 50.2 Å². The number of nitrogens with two attached hydrogens (primary N) is 1. The normalized spacial score (nSPS) is 22.3. The van der Waals surface area contributed by atoms with Crippen molar-refractivity contribution < 1.29 is 18.3 Å². The molecule has 0 saturated carbocycles. The third-order valence-corrected chi connectivity index (χ3v) is 5.48. The molecule has 128 valence electrons. The molecule has 3 rings (SSSR count).